The second-order valence-electron chi connectivity index (χ2n) is 4.77. The molecule has 1 saturated carbocycles. The third-order valence-electron chi connectivity index (χ3n) is 4.07. The van der Waals surface area contributed by atoms with Gasteiger partial charge in [-0.15, -0.1) is 0 Å². The number of carboxylic acid groups (broad SMARTS) is 1. The monoisotopic (exact) mass is 218 g/mol. The van der Waals surface area contributed by atoms with Gasteiger partial charge in [0.1, 0.15) is 5.75 Å². The standard InChI is InChI=1S/C13H14O3/c1-16-9-3-2-8-4-5-13(10(8)6-9)7-11(13)12(14)15/h2-3,6,11H,4-5,7H2,1H3,(H,14,15). The average Bonchev–Trinajstić information content (AvgIpc) is 2.91. The van der Waals surface area contributed by atoms with Crippen molar-refractivity contribution in [2.24, 2.45) is 5.92 Å². The van der Waals surface area contributed by atoms with Crippen molar-refractivity contribution in [1.82, 2.24) is 0 Å². The molecule has 2 aliphatic rings. The van der Waals surface area contributed by atoms with Crippen molar-refractivity contribution in [3.63, 3.8) is 0 Å². The molecule has 0 radical (unpaired) electrons. The molecule has 0 heterocycles. The van der Waals surface area contributed by atoms with E-state index in [1.807, 2.05) is 12.1 Å². The zero-order chi connectivity index (χ0) is 11.3. The van der Waals surface area contributed by atoms with E-state index in [2.05, 4.69) is 6.07 Å². The van der Waals surface area contributed by atoms with Crippen LogP contribution in [-0.4, -0.2) is 18.2 Å². The molecule has 0 aromatic heterocycles. The molecular formula is C13H14O3. The van der Waals surface area contributed by atoms with Gasteiger partial charge in [-0.3, -0.25) is 4.79 Å². The lowest BCUT2D eigenvalue weighted by Crippen LogP contribution is -2.11. The number of rotatable bonds is 2. The molecule has 3 rings (SSSR count). The van der Waals surface area contributed by atoms with Crippen molar-refractivity contribution in [3.05, 3.63) is 29.3 Å². The highest BCUT2D eigenvalue weighted by molar-refractivity contribution is 5.78. The molecule has 0 aliphatic heterocycles. The van der Waals surface area contributed by atoms with Crippen molar-refractivity contribution in [2.45, 2.75) is 24.7 Å². The van der Waals surface area contributed by atoms with E-state index < -0.39 is 5.97 Å². The van der Waals surface area contributed by atoms with Gasteiger partial charge in [-0.2, -0.15) is 0 Å². The second-order valence-corrected chi connectivity index (χ2v) is 4.77. The fraction of sp³-hybridized carbons (Fsp3) is 0.462. The van der Waals surface area contributed by atoms with Crippen LogP contribution in [0.4, 0.5) is 0 Å². The lowest BCUT2D eigenvalue weighted by atomic mass is 9.95. The minimum Gasteiger partial charge on any atom is -0.497 e. The van der Waals surface area contributed by atoms with Gasteiger partial charge in [0.05, 0.1) is 13.0 Å². The van der Waals surface area contributed by atoms with Gasteiger partial charge in [0, 0.05) is 5.41 Å². The number of hydrogen-bond donors (Lipinski definition) is 1. The molecular weight excluding hydrogens is 204 g/mol. The zero-order valence-electron chi connectivity index (χ0n) is 9.19. The Labute approximate surface area is 94.0 Å². The summed E-state index contributed by atoms with van der Waals surface area (Å²) in [4.78, 5) is 11.1. The number of hydrogen-bond acceptors (Lipinski definition) is 2. The fourth-order valence-corrected chi connectivity index (χ4v) is 3.06. The van der Waals surface area contributed by atoms with Crippen LogP contribution in [-0.2, 0) is 16.6 Å². The van der Waals surface area contributed by atoms with Crippen LogP contribution in [0.1, 0.15) is 24.0 Å². The van der Waals surface area contributed by atoms with Gasteiger partial charge < -0.3 is 9.84 Å². The maximum atomic E-state index is 11.1. The SMILES string of the molecule is COc1ccc2c(c1)C1(CC2)CC1C(=O)O. The van der Waals surface area contributed by atoms with E-state index in [0.29, 0.717) is 0 Å². The Morgan fingerprint density at radius 2 is 2.38 bits per heavy atom. The fourth-order valence-electron chi connectivity index (χ4n) is 3.06. The predicted molar refractivity (Wildman–Crippen MR) is 58.7 cm³/mol. The Morgan fingerprint density at radius 3 is 3.00 bits per heavy atom. The molecule has 2 aliphatic carbocycles. The second kappa shape index (κ2) is 3.00. The van der Waals surface area contributed by atoms with Crippen molar-refractivity contribution < 1.29 is 14.6 Å². The number of carbonyl (C=O) groups is 1. The van der Waals surface area contributed by atoms with Crippen molar-refractivity contribution in [2.75, 3.05) is 7.11 Å². The summed E-state index contributed by atoms with van der Waals surface area (Å²) < 4.78 is 5.21. The molecule has 2 unspecified atom stereocenters. The highest BCUT2D eigenvalue weighted by atomic mass is 16.5. The highest BCUT2D eigenvalue weighted by Gasteiger charge is 2.61. The molecule has 1 spiro atoms. The van der Waals surface area contributed by atoms with Crippen molar-refractivity contribution in [1.29, 1.82) is 0 Å². The van der Waals surface area contributed by atoms with E-state index >= 15 is 0 Å². The summed E-state index contributed by atoms with van der Waals surface area (Å²) >= 11 is 0. The maximum absolute atomic E-state index is 11.1. The summed E-state index contributed by atoms with van der Waals surface area (Å²) in [6.07, 6.45) is 2.78. The normalized spacial score (nSPS) is 30.2. The summed E-state index contributed by atoms with van der Waals surface area (Å²) in [6.45, 7) is 0. The van der Waals surface area contributed by atoms with E-state index in [9.17, 15) is 4.79 Å². The number of ether oxygens (including phenoxy) is 1. The smallest absolute Gasteiger partial charge is 0.307 e. The average molecular weight is 218 g/mol. The van der Waals surface area contributed by atoms with Gasteiger partial charge >= 0.3 is 5.97 Å². The third-order valence-corrected chi connectivity index (χ3v) is 4.07. The first-order chi connectivity index (χ1) is 7.67. The quantitative estimate of drug-likeness (QED) is 0.825. The Hall–Kier alpha value is -1.51. The summed E-state index contributed by atoms with van der Waals surface area (Å²) in [7, 11) is 1.64. The number of methoxy groups -OCH3 is 1. The number of benzene rings is 1. The van der Waals surface area contributed by atoms with E-state index in [0.717, 1.165) is 25.0 Å². The Bertz CT molecular complexity index is 466. The molecule has 84 valence electrons. The molecule has 16 heavy (non-hydrogen) atoms. The van der Waals surface area contributed by atoms with E-state index in [1.54, 1.807) is 7.11 Å². The van der Waals surface area contributed by atoms with E-state index in [4.69, 9.17) is 9.84 Å². The molecule has 1 N–H and O–H groups in total. The van der Waals surface area contributed by atoms with Gasteiger partial charge in [0.25, 0.3) is 0 Å². The number of fused-ring (bicyclic) bond motifs is 2. The van der Waals surface area contributed by atoms with Crippen LogP contribution in [0.15, 0.2) is 18.2 Å². The molecule has 3 nitrogen and oxygen atoms in total. The van der Waals surface area contributed by atoms with Crippen LogP contribution in [0.2, 0.25) is 0 Å². The number of aliphatic carboxylic acids is 1. The molecule has 2 atom stereocenters. The van der Waals surface area contributed by atoms with Crippen LogP contribution in [0, 0.1) is 5.92 Å². The first kappa shape index (κ1) is 9.70. The Kier molecular flexibility index (Phi) is 1.82. The first-order valence-electron chi connectivity index (χ1n) is 5.57. The van der Waals surface area contributed by atoms with Crippen molar-refractivity contribution in [3.8, 4) is 5.75 Å². The summed E-state index contributed by atoms with van der Waals surface area (Å²) in [6, 6.07) is 6.04. The summed E-state index contributed by atoms with van der Waals surface area (Å²) in [5.74, 6) is -0.00686. The summed E-state index contributed by atoms with van der Waals surface area (Å²) in [5, 5.41) is 9.10. The number of aryl methyl sites for hydroxylation is 1. The molecule has 1 aromatic carbocycles. The van der Waals surface area contributed by atoms with Crippen molar-refractivity contribution >= 4 is 5.97 Å². The van der Waals surface area contributed by atoms with Gasteiger partial charge in [-0.25, -0.2) is 0 Å². The molecule has 0 saturated heterocycles. The van der Waals surface area contributed by atoms with Gasteiger partial charge in [-0.1, -0.05) is 6.07 Å². The van der Waals surface area contributed by atoms with Gasteiger partial charge in [-0.05, 0) is 42.5 Å². The van der Waals surface area contributed by atoms with Crippen LogP contribution in [0.25, 0.3) is 0 Å². The van der Waals surface area contributed by atoms with E-state index in [1.165, 1.54) is 11.1 Å². The zero-order valence-corrected chi connectivity index (χ0v) is 9.19. The number of carboxylic acids is 1. The molecule has 1 fully saturated rings. The molecule has 1 aromatic rings. The first-order valence-corrected chi connectivity index (χ1v) is 5.57. The topological polar surface area (TPSA) is 46.5 Å². The highest BCUT2D eigenvalue weighted by Crippen LogP contribution is 2.61. The molecule has 0 bridgehead atoms. The van der Waals surface area contributed by atoms with Crippen LogP contribution < -0.4 is 4.74 Å². The third kappa shape index (κ3) is 1.11. The maximum Gasteiger partial charge on any atom is 0.307 e. The minimum absolute atomic E-state index is 0.0737. The van der Waals surface area contributed by atoms with Crippen LogP contribution in [0.5, 0.6) is 5.75 Å². The predicted octanol–water partition coefficient (Wildman–Crippen LogP) is 1.98. The lowest BCUT2D eigenvalue weighted by molar-refractivity contribution is -0.139. The lowest BCUT2D eigenvalue weighted by Gasteiger charge is -2.11. The van der Waals surface area contributed by atoms with E-state index in [-0.39, 0.29) is 11.3 Å². The Morgan fingerprint density at radius 1 is 1.56 bits per heavy atom. The van der Waals surface area contributed by atoms with Crippen LogP contribution in [0.3, 0.4) is 0 Å². The van der Waals surface area contributed by atoms with Gasteiger partial charge in [0.15, 0.2) is 0 Å². The largest absolute Gasteiger partial charge is 0.497 e. The van der Waals surface area contributed by atoms with Crippen LogP contribution >= 0.6 is 0 Å². The Balaban J connectivity index is 2.03. The minimum atomic E-state index is -0.657. The molecule has 0 amide bonds. The van der Waals surface area contributed by atoms with Gasteiger partial charge in [0.2, 0.25) is 0 Å². The molecule has 3 heteroatoms. The summed E-state index contributed by atoms with van der Waals surface area (Å²) in [5.41, 5.74) is 2.43.